The minimum Gasteiger partial charge on any atom is -0.467 e. The largest absolute Gasteiger partial charge is 0.467 e. The SMILES string of the molecule is COC(=O)C(C)(O)CSc1ccc(N)cn1. The minimum atomic E-state index is -1.51. The number of aromatic nitrogens is 1. The van der Waals surface area contributed by atoms with Crippen molar-refractivity contribution < 1.29 is 14.6 Å². The summed E-state index contributed by atoms with van der Waals surface area (Å²) in [7, 11) is 1.24. The standard InChI is InChI=1S/C10H14N2O3S/c1-10(14,9(13)15-2)6-16-8-4-3-7(11)5-12-8/h3-5,14H,6,11H2,1-2H3. The number of nitrogen functional groups attached to an aromatic ring is 1. The molecule has 0 saturated heterocycles. The molecule has 88 valence electrons. The Morgan fingerprint density at radius 3 is 2.88 bits per heavy atom. The number of nitrogens with zero attached hydrogens (tertiary/aromatic N) is 1. The van der Waals surface area contributed by atoms with E-state index in [4.69, 9.17) is 5.73 Å². The number of nitrogens with two attached hydrogens (primary N) is 1. The molecule has 0 aromatic carbocycles. The van der Waals surface area contributed by atoms with E-state index in [1.165, 1.54) is 32.0 Å². The van der Waals surface area contributed by atoms with Crippen molar-refractivity contribution in [2.75, 3.05) is 18.6 Å². The van der Waals surface area contributed by atoms with Crippen molar-refractivity contribution in [1.29, 1.82) is 0 Å². The predicted octanol–water partition coefficient (Wildman–Crippen LogP) is 0.680. The first-order valence-electron chi connectivity index (χ1n) is 4.61. The summed E-state index contributed by atoms with van der Waals surface area (Å²) >= 11 is 1.26. The molecule has 1 unspecified atom stereocenters. The lowest BCUT2D eigenvalue weighted by Gasteiger charge is -2.19. The van der Waals surface area contributed by atoms with E-state index in [1.54, 1.807) is 12.1 Å². The number of thioether (sulfide) groups is 1. The summed E-state index contributed by atoms with van der Waals surface area (Å²) < 4.78 is 4.48. The number of pyridine rings is 1. The van der Waals surface area contributed by atoms with Crippen LogP contribution in [-0.4, -0.2) is 34.5 Å². The van der Waals surface area contributed by atoms with E-state index in [-0.39, 0.29) is 5.75 Å². The van der Waals surface area contributed by atoms with E-state index in [2.05, 4.69) is 9.72 Å². The highest BCUT2D eigenvalue weighted by Crippen LogP contribution is 2.22. The fraction of sp³-hybridized carbons (Fsp3) is 0.400. The number of carbonyl (C=O) groups excluding carboxylic acids is 1. The summed E-state index contributed by atoms with van der Waals surface area (Å²) in [5, 5.41) is 10.4. The molecule has 0 saturated carbocycles. The molecule has 0 spiro atoms. The van der Waals surface area contributed by atoms with Crippen molar-refractivity contribution in [3.8, 4) is 0 Å². The van der Waals surface area contributed by atoms with Gasteiger partial charge in [0.1, 0.15) is 0 Å². The molecule has 6 heteroatoms. The first-order chi connectivity index (χ1) is 7.45. The van der Waals surface area contributed by atoms with Crippen molar-refractivity contribution in [3.05, 3.63) is 18.3 Å². The maximum absolute atomic E-state index is 11.2. The van der Waals surface area contributed by atoms with Crippen LogP contribution in [-0.2, 0) is 9.53 Å². The molecule has 1 rings (SSSR count). The average Bonchev–Trinajstić information content (AvgIpc) is 2.27. The Hall–Kier alpha value is -1.27. The topological polar surface area (TPSA) is 85.4 Å². The lowest BCUT2D eigenvalue weighted by atomic mass is 10.1. The molecule has 1 heterocycles. The number of ether oxygens (including phenoxy) is 1. The van der Waals surface area contributed by atoms with Gasteiger partial charge < -0.3 is 15.6 Å². The summed E-state index contributed by atoms with van der Waals surface area (Å²) in [5.74, 6) is -0.480. The Bertz CT molecular complexity index is 365. The van der Waals surface area contributed by atoms with Gasteiger partial charge >= 0.3 is 5.97 Å². The molecule has 0 amide bonds. The molecule has 16 heavy (non-hydrogen) atoms. The highest BCUT2D eigenvalue weighted by Gasteiger charge is 2.31. The normalized spacial score (nSPS) is 14.2. The molecule has 1 aromatic rings. The van der Waals surface area contributed by atoms with E-state index < -0.39 is 11.6 Å². The van der Waals surface area contributed by atoms with Gasteiger partial charge in [-0.2, -0.15) is 0 Å². The van der Waals surface area contributed by atoms with Gasteiger partial charge in [0.05, 0.1) is 24.0 Å². The third kappa shape index (κ3) is 3.39. The summed E-state index contributed by atoms with van der Waals surface area (Å²) in [6, 6.07) is 3.44. The summed E-state index contributed by atoms with van der Waals surface area (Å²) in [5.41, 5.74) is 4.54. The van der Waals surface area contributed by atoms with Crippen LogP contribution in [0.1, 0.15) is 6.92 Å². The van der Waals surface area contributed by atoms with Crippen molar-refractivity contribution in [2.24, 2.45) is 0 Å². The lowest BCUT2D eigenvalue weighted by molar-refractivity contribution is -0.158. The van der Waals surface area contributed by atoms with Crippen LogP contribution in [0, 0.1) is 0 Å². The Labute approximate surface area is 98.0 Å². The number of rotatable bonds is 4. The zero-order chi connectivity index (χ0) is 12.2. The van der Waals surface area contributed by atoms with Crippen LogP contribution in [0.4, 0.5) is 5.69 Å². The molecule has 0 radical (unpaired) electrons. The molecule has 0 aliphatic rings. The minimum absolute atomic E-state index is 0.177. The molecule has 1 atom stereocenters. The number of methoxy groups -OCH3 is 1. The smallest absolute Gasteiger partial charge is 0.338 e. The quantitative estimate of drug-likeness (QED) is 0.596. The highest BCUT2D eigenvalue weighted by atomic mass is 32.2. The second-order valence-electron chi connectivity index (χ2n) is 3.48. The van der Waals surface area contributed by atoms with Crippen LogP contribution >= 0.6 is 11.8 Å². The number of aliphatic hydroxyl groups is 1. The van der Waals surface area contributed by atoms with Gasteiger partial charge in [0.25, 0.3) is 0 Å². The molecule has 0 fully saturated rings. The molecule has 3 N–H and O–H groups in total. The number of hydrogen-bond acceptors (Lipinski definition) is 6. The van der Waals surface area contributed by atoms with Gasteiger partial charge in [-0.05, 0) is 19.1 Å². The van der Waals surface area contributed by atoms with Crippen LogP contribution in [0.3, 0.4) is 0 Å². The van der Waals surface area contributed by atoms with Gasteiger partial charge in [0.2, 0.25) is 0 Å². The zero-order valence-corrected chi connectivity index (χ0v) is 9.95. The Kier molecular flexibility index (Phi) is 4.14. The van der Waals surface area contributed by atoms with Gasteiger partial charge in [-0.3, -0.25) is 0 Å². The van der Waals surface area contributed by atoms with Crippen molar-refractivity contribution in [1.82, 2.24) is 4.98 Å². The summed E-state index contributed by atoms with van der Waals surface area (Å²) in [6.07, 6.45) is 1.52. The Morgan fingerprint density at radius 2 is 2.38 bits per heavy atom. The number of carbonyl (C=O) groups is 1. The van der Waals surface area contributed by atoms with E-state index in [0.29, 0.717) is 10.7 Å². The van der Waals surface area contributed by atoms with E-state index in [1.807, 2.05) is 0 Å². The maximum Gasteiger partial charge on any atom is 0.338 e. The predicted molar refractivity (Wildman–Crippen MR) is 62.0 cm³/mol. The Balaban J connectivity index is 2.57. The molecule has 0 aliphatic carbocycles. The van der Waals surface area contributed by atoms with Crippen molar-refractivity contribution in [3.63, 3.8) is 0 Å². The third-order valence-electron chi connectivity index (χ3n) is 1.89. The molecule has 5 nitrogen and oxygen atoms in total. The van der Waals surface area contributed by atoms with Crippen LogP contribution in [0.15, 0.2) is 23.4 Å². The first-order valence-corrected chi connectivity index (χ1v) is 5.59. The summed E-state index contributed by atoms with van der Waals surface area (Å²) in [6.45, 7) is 1.41. The Morgan fingerprint density at radius 1 is 1.69 bits per heavy atom. The molecular weight excluding hydrogens is 228 g/mol. The average molecular weight is 242 g/mol. The fourth-order valence-corrected chi connectivity index (χ4v) is 1.81. The summed E-state index contributed by atoms with van der Waals surface area (Å²) in [4.78, 5) is 15.2. The molecular formula is C10H14N2O3S. The molecule has 0 bridgehead atoms. The van der Waals surface area contributed by atoms with Gasteiger partial charge in [0, 0.05) is 5.75 Å². The lowest BCUT2D eigenvalue weighted by Crippen LogP contribution is -2.38. The van der Waals surface area contributed by atoms with Crippen LogP contribution in [0.25, 0.3) is 0 Å². The van der Waals surface area contributed by atoms with Crippen LogP contribution in [0.5, 0.6) is 0 Å². The first kappa shape index (κ1) is 12.8. The van der Waals surface area contributed by atoms with Crippen LogP contribution < -0.4 is 5.73 Å². The number of hydrogen-bond donors (Lipinski definition) is 2. The van der Waals surface area contributed by atoms with E-state index >= 15 is 0 Å². The monoisotopic (exact) mass is 242 g/mol. The van der Waals surface area contributed by atoms with Gasteiger partial charge in [-0.25, -0.2) is 9.78 Å². The van der Waals surface area contributed by atoms with Crippen molar-refractivity contribution >= 4 is 23.4 Å². The van der Waals surface area contributed by atoms with E-state index in [0.717, 1.165) is 0 Å². The van der Waals surface area contributed by atoms with Gasteiger partial charge in [-0.15, -0.1) is 11.8 Å². The maximum atomic E-state index is 11.2. The van der Waals surface area contributed by atoms with Crippen molar-refractivity contribution in [2.45, 2.75) is 17.6 Å². The van der Waals surface area contributed by atoms with Gasteiger partial charge in [0.15, 0.2) is 5.60 Å². The molecule has 1 aromatic heterocycles. The zero-order valence-electron chi connectivity index (χ0n) is 9.14. The van der Waals surface area contributed by atoms with E-state index in [9.17, 15) is 9.90 Å². The van der Waals surface area contributed by atoms with Gasteiger partial charge in [-0.1, -0.05) is 0 Å². The fourth-order valence-electron chi connectivity index (χ4n) is 0.970. The second-order valence-corrected chi connectivity index (χ2v) is 4.48. The highest BCUT2D eigenvalue weighted by molar-refractivity contribution is 7.99. The van der Waals surface area contributed by atoms with Crippen LogP contribution in [0.2, 0.25) is 0 Å². The number of anilines is 1. The second kappa shape index (κ2) is 5.18. The number of esters is 1. The molecule has 0 aliphatic heterocycles. The third-order valence-corrected chi connectivity index (χ3v) is 3.13.